The molecule has 1 N–H and O–H groups in total. The quantitative estimate of drug-likeness (QED) is 0.804. The third-order valence-electron chi connectivity index (χ3n) is 5.71. The second-order valence-corrected chi connectivity index (χ2v) is 8.01. The lowest BCUT2D eigenvalue weighted by molar-refractivity contribution is -0.152. The molecule has 0 radical (unpaired) electrons. The lowest BCUT2D eigenvalue weighted by Crippen LogP contribution is -2.58. The van der Waals surface area contributed by atoms with Gasteiger partial charge in [0.15, 0.2) is 0 Å². The average molecular weight is 301 g/mol. The molecule has 0 saturated heterocycles. The predicted molar refractivity (Wildman–Crippen MR) is 70.2 cm³/mol. The van der Waals surface area contributed by atoms with Gasteiger partial charge in [0.2, 0.25) is 0 Å². The zero-order valence-electron chi connectivity index (χ0n) is 10.4. The Morgan fingerprint density at radius 3 is 1.94 bits per heavy atom. The monoisotopic (exact) mass is 300 g/mol. The topological polar surface area (TPSA) is 37.3 Å². The van der Waals surface area contributed by atoms with Gasteiger partial charge in [-0.1, -0.05) is 22.9 Å². The van der Waals surface area contributed by atoms with Crippen LogP contribution in [0.2, 0.25) is 0 Å². The molecule has 4 aliphatic rings. The maximum Gasteiger partial charge on any atom is 0.320 e. The van der Waals surface area contributed by atoms with Crippen LogP contribution in [-0.2, 0) is 4.79 Å². The zero-order valence-corrected chi connectivity index (χ0v) is 12.0. The van der Waals surface area contributed by atoms with Crippen LogP contribution in [-0.4, -0.2) is 15.4 Å². The number of alkyl halides is 1. The minimum Gasteiger partial charge on any atom is -0.480 e. The maximum atomic E-state index is 11.7. The fourth-order valence-electron chi connectivity index (χ4n) is 5.35. The molecule has 17 heavy (non-hydrogen) atoms. The highest BCUT2D eigenvalue weighted by atomic mass is 79.9. The van der Waals surface area contributed by atoms with Crippen molar-refractivity contribution >= 4 is 21.9 Å². The second kappa shape index (κ2) is 3.72. The molecule has 3 heteroatoms. The minimum absolute atomic E-state index is 0.0440. The van der Waals surface area contributed by atoms with E-state index in [0.29, 0.717) is 6.42 Å². The van der Waals surface area contributed by atoms with Gasteiger partial charge >= 0.3 is 5.97 Å². The van der Waals surface area contributed by atoms with E-state index in [2.05, 4.69) is 15.9 Å². The molecule has 0 spiro atoms. The molecule has 0 aromatic rings. The molecule has 4 fully saturated rings. The van der Waals surface area contributed by atoms with Crippen LogP contribution in [0, 0.1) is 23.2 Å². The first-order valence-electron chi connectivity index (χ1n) is 6.91. The first-order chi connectivity index (χ1) is 7.99. The highest BCUT2D eigenvalue weighted by Crippen LogP contribution is 2.66. The fourth-order valence-corrected chi connectivity index (χ4v) is 5.83. The Balaban J connectivity index is 1.98. The number of hydrogen-bond acceptors (Lipinski definition) is 1. The summed E-state index contributed by atoms with van der Waals surface area (Å²) in [5, 5.41) is 9.65. The van der Waals surface area contributed by atoms with Gasteiger partial charge in [0.1, 0.15) is 4.32 Å². The van der Waals surface area contributed by atoms with Gasteiger partial charge in [-0.15, -0.1) is 0 Å². The van der Waals surface area contributed by atoms with E-state index in [9.17, 15) is 9.90 Å². The van der Waals surface area contributed by atoms with Crippen molar-refractivity contribution < 1.29 is 9.90 Å². The Morgan fingerprint density at radius 2 is 1.65 bits per heavy atom. The van der Waals surface area contributed by atoms with Crippen LogP contribution in [0.5, 0.6) is 0 Å². The number of carbonyl (C=O) groups is 1. The van der Waals surface area contributed by atoms with Crippen molar-refractivity contribution in [3.8, 4) is 0 Å². The van der Waals surface area contributed by atoms with Crippen molar-refractivity contribution in [3.63, 3.8) is 0 Å². The smallest absolute Gasteiger partial charge is 0.320 e. The van der Waals surface area contributed by atoms with Gasteiger partial charge in [-0.05, 0) is 68.1 Å². The van der Waals surface area contributed by atoms with E-state index >= 15 is 0 Å². The van der Waals surface area contributed by atoms with Gasteiger partial charge in [-0.3, -0.25) is 4.79 Å². The van der Waals surface area contributed by atoms with Crippen molar-refractivity contribution in [1.82, 2.24) is 0 Å². The van der Waals surface area contributed by atoms with E-state index < -0.39 is 10.3 Å². The Morgan fingerprint density at radius 1 is 1.24 bits per heavy atom. The summed E-state index contributed by atoms with van der Waals surface area (Å²) in [7, 11) is 0. The Bertz CT molecular complexity index is 317. The lowest BCUT2D eigenvalue weighted by atomic mass is 9.46. The second-order valence-electron chi connectivity index (χ2n) is 6.66. The third-order valence-corrected chi connectivity index (χ3v) is 7.45. The molecular formula is C14H21BrO2. The van der Waals surface area contributed by atoms with Gasteiger partial charge < -0.3 is 5.11 Å². The maximum absolute atomic E-state index is 11.7. The van der Waals surface area contributed by atoms with Crippen LogP contribution in [0.25, 0.3) is 0 Å². The SMILES string of the molecule is CCC(Br)(C(=O)O)C12CC3CC(CC(C3)C1)C2. The summed E-state index contributed by atoms with van der Waals surface area (Å²) in [4.78, 5) is 11.7. The molecular weight excluding hydrogens is 280 g/mol. The van der Waals surface area contributed by atoms with Crippen molar-refractivity contribution in [2.45, 2.75) is 56.2 Å². The Hall–Kier alpha value is -0.0500. The number of rotatable bonds is 3. The van der Waals surface area contributed by atoms with Crippen LogP contribution in [0.3, 0.4) is 0 Å². The standard InChI is InChI=1S/C14H21BrO2/c1-2-14(15,12(16)17)13-6-9-3-10(7-13)5-11(4-9)8-13/h9-11H,2-8H2,1H3,(H,16,17). The molecule has 2 nitrogen and oxygen atoms in total. The summed E-state index contributed by atoms with van der Waals surface area (Å²) in [6.45, 7) is 2.02. The number of hydrogen-bond donors (Lipinski definition) is 1. The molecule has 4 aliphatic carbocycles. The van der Waals surface area contributed by atoms with Gasteiger partial charge in [-0.25, -0.2) is 0 Å². The minimum atomic E-state index is -0.671. The summed E-state index contributed by atoms with van der Waals surface area (Å²) >= 11 is 3.64. The van der Waals surface area contributed by atoms with E-state index in [1.807, 2.05) is 6.92 Å². The summed E-state index contributed by atoms with van der Waals surface area (Å²) in [5.74, 6) is 1.79. The molecule has 96 valence electrons. The predicted octanol–water partition coefficient (Wildman–Crippen LogP) is 3.83. The number of carboxylic acid groups (broad SMARTS) is 1. The fraction of sp³-hybridized carbons (Fsp3) is 0.929. The Kier molecular flexibility index (Phi) is 2.63. The van der Waals surface area contributed by atoms with E-state index in [0.717, 1.165) is 37.0 Å². The van der Waals surface area contributed by atoms with Crippen molar-refractivity contribution in [1.29, 1.82) is 0 Å². The van der Waals surface area contributed by atoms with Crippen LogP contribution in [0.1, 0.15) is 51.9 Å². The molecule has 4 rings (SSSR count). The van der Waals surface area contributed by atoms with E-state index in [1.165, 1.54) is 19.3 Å². The van der Waals surface area contributed by atoms with Crippen molar-refractivity contribution in [2.24, 2.45) is 23.2 Å². The molecule has 4 bridgehead atoms. The molecule has 1 unspecified atom stereocenters. The van der Waals surface area contributed by atoms with Crippen molar-refractivity contribution in [3.05, 3.63) is 0 Å². The molecule has 0 heterocycles. The van der Waals surface area contributed by atoms with Gasteiger partial charge in [0, 0.05) is 0 Å². The summed E-state index contributed by atoms with van der Waals surface area (Å²) < 4.78 is -0.671. The molecule has 0 aromatic carbocycles. The number of aliphatic carboxylic acids is 1. The van der Waals surface area contributed by atoms with Crippen LogP contribution < -0.4 is 0 Å². The molecule has 0 aliphatic heterocycles. The van der Waals surface area contributed by atoms with E-state index in [-0.39, 0.29) is 5.41 Å². The number of halogens is 1. The molecule has 1 atom stereocenters. The Labute approximate surface area is 111 Å². The summed E-state index contributed by atoms with van der Waals surface area (Å²) in [6, 6.07) is 0. The van der Waals surface area contributed by atoms with E-state index in [1.54, 1.807) is 0 Å². The summed E-state index contributed by atoms with van der Waals surface area (Å²) in [6.07, 6.45) is 8.23. The molecule has 4 saturated carbocycles. The third kappa shape index (κ3) is 1.54. The van der Waals surface area contributed by atoms with Crippen molar-refractivity contribution in [2.75, 3.05) is 0 Å². The molecule has 0 aromatic heterocycles. The lowest BCUT2D eigenvalue weighted by Gasteiger charge is -2.61. The van der Waals surface area contributed by atoms with Gasteiger partial charge in [0.05, 0.1) is 0 Å². The zero-order chi connectivity index (χ0) is 12.3. The number of carboxylic acids is 1. The molecule has 0 amide bonds. The highest BCUT2D eigenvalue weighted by molar-refractivity contribution is 9.10. The van der Waals surface area contributed by atoms with Gasteiger partial charge in [-0.2, -0.15) is 0 Å². The largest absolute Gasteiger partial charge is 0.480 e. The normalized spacial score (nSPS) is 46.8. The van der Waals surface area contributed by atoms with Crippen LogP contribution >= 0.6 is 15.9 Å². The highest BCUT2D eigenvalue weighted by Gasteiger charge is 2.61. The van der Waals surface area contributed by atoms with Crippen LogP contribution in [0.4, 0.5) is 0 Å². The van der Waals surface area contributed by atoms with Gasteiger partial charge in [0.25, 0.3) is 0 Å². The first-order valence-corrected chi connectivity index (χ1v) is 7.71. The van der Waals surface area contributed by atoms with E-state index in [4.69, 9.17) is 0 Å². The average Bonchev–Trinajstić information content (AvgIpc) is 2.25. The van der Waals surface area contributed by atoms with Crippen LogP contribution in [0.15, 0.2) is 0 Å². The first kappa shape index (κ1) is 12.0. The summed E-state index contributed by atoms with van der Waals surface area (Å²) in [5.41, 5.74) is 0.0440.